The van der Waals surface area contributed by atoms with E-state index in [0.717, 1.165) is 23.5 Å². The summed E-state index contributed by atoms with van der Waals surface area (Å²) in [7, 11) is -19.5. The van der Waals surface area contributed by atoms with Crippen LogP contribution < -0.4 is 4.18 Å². The number of rotatable bonds is 8. The summed E-state index contributed by atoms with van der Waals surface area (Å²) in [6, 6.07) is 22.7. The molecular weight excluding hydrogens is 828 g/mol. The molecule has 0 saturated carbocycles. The van der Waals surface area contributed by atoms with Crippen LogP contribution in [0.3, 0.4) is 0 Å². The summed E-state index contributed by atoms with van der Waals surface area (Å²) < 4.78 is 174. The number of aldehydes is 2. The second-order valence-electron chi connectivity index (χ2n) is 10.2. The molecule has 0 radical (unpaired) electrons. The molecule has 11 nitrogen and oxygen atoms in total. The Kier molecular flexibility index (Phi) is 15.8. The summed E-state index contributed by atoms with van der Waals surface area (Å²) in [6.07, 6.45) is 1.28. The molecule has 0 spiro atoms. The maximum atomic E-state index is 12.5. The third kappa shape index (κ3) is 12.5. The van der Waals surface area contributed by atoms with E-state index in [1.54, 1.807) is 49.4 Å². The Morgan fingerprint density at radius 3 is 1.27 bits per heavy atom. The Labute approximate surface area is 308 Å². The molecule has 0 saturated heterocycles. The predicted molar refractivity (Wildman–Crippen MR) is 179 cm³/mol. The number of phenols is 1. The molecule has 55 heavy (non-hydrogen) atoms. The highest BCUT2D eigenvalue weighted by Gasteiger charge is 2.57. The molecule has 0 amide bonds. The summed E-state index contributed by atoms with van der Waals surface area (Å²) >= 11 is 0. The van der Waals surface area contributed by atoms with Crippen molar-refractivity contribution in [3.05, 3.63) is 107 Å². The van der Waals surface area contributed by atoms with E-state index in [-0.39, 0.29) is 24.3 Å². The zero-order valence-corrected chi connectivity index (χ0v) is 29.3. The van der Waals surface area contributed by atoms with Crippen molar-refractivity contribution in [2.45, 2.75) is 37.8 Å². The van der Waals surface area contributed by atoms with Crippen molar-refractivity contribution in [3.63, 3.8) is 0 Å². The third-order valence-electron chi connectivity index (χ3n) is 6.40. The van der Waals surface area contributed by atoms with Crippen molar-refractivity contribution in [1.29, 1.82) is 0 Å². The molecule has 302 valence electrons. The van der Waals surface area contributed by atoms with Gasteiger partial charge in [0, 0.05) is 22.3 Å². The van der Waals surface area contributed by atoms with Crippen molar-refractivity contribution in [1.82, 2.24) is 0 Å². The van der Waals surface area contributed by atoms with E-state index in [1.807, 2.05) is 34.8 Å². The van der Waals surface area contributed by atoms with Crippen LogP contribution in [0.2, 0.25) is 0 Å². The highest BCUT2D eigenvalue weighted by Crippen LogP contribution is 2.37. The summed E-state index contributed by atoms with van der Waals surface area (Å²) in [4.78, 5) is 21.6. The van der Waals surface area contributed by atoms with E-state index in [1.165, 1.54) is 12.1 Å². The quantitative estimate of drug-likeness (QED) is 0.0783. The summed E-state index contributed by atoms with van der Waals surface area (Å²) in [5, 5.41) is 9.79. The molecule has 23 heteroatoms. The number of carbonyl (C=O) groups is 2. The minimum absolute atomic E-state index is 0. The van der Waals surface area contributed by atoms with Crippen LogP contribution in [-0.4, -0.2) is 59.5 Å². The molecule has 4 aromatic rings. The standard InChI is InChI=1S/C15H11F3O4S.C14H12O2.C2F6O5S2.CH4/c1-10-4-2-3-5-12(10)13-8-11(9-19)6-7-14(13)22-23(20,21)15(16,17)18;1-10-4-2-3-5-12(10)13-8-11(9-15)6-7-14(13)16;3-1(4,5)14(9,10)13-15(11,12)2(6,7)8;/h2-9H,1H3;2-9,16H,1H3;;1H4. The molecule has 0 unspecified atom stereocenters. The van der Waals surface area contributed by atoms with Crippen molar-refractivity contribution in [2.75, 3.05) is 0 Å². The molecule has 0 bridgehead atoms. The maximum absolute atomic E-state index is 12.5. The number of alkyl halides is 9. The lowest BCUT2D eigenvalue weighted by Gasteiger charge is -2.14. The average molecular weight is 855 g/mol. The van der Waals surface area contributed by atoms with Gasteiger partial charge in [-0.25, -0.2) is 0 Å². The molecule has 4 aromatic carbocycles. The zero-order chi connectivity index (χ0) is 41.5. The van der Waals surface area contributed by atoms with Gasteiger partial charge in [-0.1, -0.05) is 56.0 Å². The Hall–Kier alpha value is -5.00. The van der Waals surface area contributed by atoms with E-state index in [0.29, 0.717) is 28.5 Å². The molecule has 4 rings (SSSR count). The summed E-state index contributed by atoms with van der Waals surface area (Å²) in [5.74, 6) is -0.304. The number of benzene rings is 4. The lowest BCUT2D eigenvalue weighted by molar-refractivity contribution is -0.0586. The fourth-order valence-corrected chi connectivity index (χ4v) is 5.89. The number of phenolic OH excluding ortho intramolecular Hbond substituents is 1. The van der Waals surface area contributed by atoms with E-state index in [4.69, 9.17) is 0 Å². The third-order valence-corrected chi connectivity index (χ3v) is 9.93. The van der Waals surface area contributed by atoms with Gasteiger partial charge in [0.05, 0.1) is 0 Å². The SMILES string of the molecule is C.Cc1ccccc1-c1cc(C=O)ccc1O.Cc1ccccc1-c1cc(C=O)ccc1OS(=O)(=O)C(F)(F)F.O=S(=O)(OS(=O)(=O)C(F)(F)F)C(F)(F)F. The van der Waals surface area contributed by atoms with Crippen LogP contribution in [0.15, 0.2) is 84.9 Å². The second-order valence-corrected chi connectivity index (χ2v) is 15.1. The van der Waals surface area contributed by atoms with Crippen LogP contribution in [0.1, 0.15) is 39.3 Å². The van der Waals surface area contributed by atoms with Gasteiger partial charge >= 0.3 is 46.9 Å². The van der Waals surface area contributed by atoms with Crippen LogP contribution in [0.5, 0.6) is 11.5 Å². The molecule has 0 atom stereocenters. The van der Waals surface area contributed by atoms with E-state index >= 15 is 0 Å². The summed E-state index contributed by atoms with van der Waals surface area (Å²) in [6.45, 7) is 3.67. The molecule has 0 heterocycles. The Morgan fingerprint density at radius 2 is 0.891 bits per heavy atom. The molecule has 0 aliphatic rings. The van der Waals surface area contributed by atoms with E-state index < -0.39 is 52.6 Å². The van der Waals surface area contributed by atoms with Gasteiger partial charge < -0.3 is 9.29 Å². The summed E-state index contributed by atoms with van der Waals surface area (Å²) in [5.41, 5.74) is -13.4. The van der Waals surface area contributed by atoms with Crippen molar-refractivity contribution in [3.8, 4) is 33.8 Å². The lowest BCUT2D eigenvalue weighted by atomic mass is 9.98. The Balaban J connectivity index is 0.000000422. The van der Waals surface area contributed by atoms with Gasteiger partial charge in [-0.15, -0.1) is 3.63 Å². The van der Waals surface area contributed by atoms with Crippen LogP contribution in [0.4, 0.5) is 39.5 Å². The molecule has 0 fully saturated rings. The maximum Gasteiger partial charge on any atom is 0.534 e. The smallest absolute Gasteiger partial charge is 0.507 e. The van der Waals surface area contributed by atoms with E-state index in [2.05, 4.69) is 4.18 Å². The lowest BCUT2D eigenvalue weighted by Crippen LogP contribution is -2.34. The van der Waals surface area contributed by atoms with Gasteiger partial charge in [0.25, 0.3) is 0 Å². The van der Waals surface area contributed by atoms with Crippen LogP contribution in [0.25, 0.3) is 22.3 Å². The number of aromatic hydroxyl groups is 1. The number of carbonyl (C=O) groups excluding carboxylic acids is 2. The molecule has 0 aliphatic heterocycles. The first-order valence-electron chi connectivity index (χ1n) is 13.9. The van der Waals surface area contributed by atoms with E-state index in [9.17, 15) is 79.5 Å². The first-order chi connectivity index (χ1) is 24.6. The average Bonchev–Trinajstić information content (AvgIpc) is 3.04. The van der Waals surface area contributed by atoms with Gasteiger partial charge in [0.2, 0.25) is 0 Å². The van der Waals surface area contributed by atoms with Crippen LogP contribution >= 0.6 is 0 Å². The largest absolute Gasteiger partial charge is 0.534 e. The van der Waals surface area contributed by atoms with Crippen LogP contribution in [-0.2, 0) is 34.0 Å². The van der Waals surface area contributed by atoms with Gasteiger partial charge in [-0.3, -0.25) is 9.59 Å². The van der Waals surface area contributed by atoms with Crippen molar-refractivity contribution >= 4 is 42.9 Å². The number of aryl methyl sites for hydroxylation is 2. The van der Waals surface area contributed by atoms with Crippen LogP contribution in [0, 0.1) is 13.8 Å². The number of halogens is 9. The van der Waals surface area contributed by atoms with Crippen molar-refractivity contribution < 1.29 is 87.3 Å². The monoisotopic (exact) mass is 854 g/mol. The number of hydrogen-bond donors (Lipinski definition) is 1. The molecule has 0 aliphatic carbocycles. The molecule has 1 N–H and O–H groups in total. The minimum Gasteiger partial charge on any atom is -0.507 e. The van der Waals surface area contributed by atoms with Gasteiger partial charge in [0.15, 0.2) is 5.75 Å². The molecular formula is C32H27F9O11S3. The first-order valence-corrected chi connectivity index (χ1v) is 18.1. The number of hydrogen-bond acceptors (Lipinski definition) is 11. The fourth-order valence-electron chi connectivity index (χ4n) is 3.86. The van der Waals surface area contributed by atoms with Gasteiger partial charge in [-0.05, 0) is 72.5 Å². The second kappa shape index (κ2) is 18.1. The minimum atomic E-state index is -6.85. The predicted octanol–water partition coefficient (Wildman–Crippen LogP) is 8.22. The van der Waals surface area contributed by atoms with Crippen molar-refractivity contribution in [2.24, 2.45) is 0 Å². The normalized spacial score (nSPS) is 12.1. The Morgan fingerprint density at radius 1 is 0.527 bits per heavy atom. The van der Waals surface area contributed by atoms with Gasteiger partial charge in [0.1, 0.15) is 18.3 Å². The fraction of sp³-hybridized carbons (Fsp3) is 0.188. The highest BCUT2D eigenvalue weighted by atomic mass is 32.3. The Bertz CT molecular complexity index is 2280. The highest BCUT2D eigenvalue weighted by molar-refractivity contribution is 8.00. The topological polar surface area (TPSA) is 175 Å². The molecule has 0 aromatic heterocycles. The first kappa shape index (κ1) is 48.0. The zero-order valence-electron chi connectivity index (χ0n) is 26.9. The van der Waals surface area contributed by atoms with Gasteiger partial charge in [-0.2, -0.15) is 64.8 Å².